The third-order valence-electron chi connectivity index (χ3n) is 6.72. The molecule has 0 radical (unpaired) electrons. The second kappa shape index (κ2) is 11.3. The summed E-state index contributed by atoms with van der Waals surface area (Å²) >= 11 is 6.01. The van der Waals surface area contributed by atoms with E-state index in [1.54, 1.807) is 28.8 Å². The molecule has 3 aromatic heterocycles. The minimum absolute atomic E-state index is 0.224. The Morgan fingerprint density at radius 2 is 1.80 bits per heavy atom. The molecule has 2 aromatic carbocycles. The van der Waals surface area contributed by atoms with Crippen molar-refractivity contribution < 1.29 is 13.2 Å². The van der Waals surface area contributed by atoms with E-state index < -0.39 is 10.0 Å². The molecule has 0 spiro atoms. The Balaban J connectivity index is 1.15. The Labute approximate surface area is 237 Å². The highest BCUT2D eigenvalue weighted by Crippen LogP contribution is 2.24. The molecule has 0 atom stereocenters. The van der Waals surface area contributed by atoms with Gasteiger partial charge in [0.1, 0.15) is 12.4 Å². The number of hydrogen-bond donors (Lipinski definition) is 1. The van der Waals surface area contributed by atoms with E-state index in [9.17, 15) is 8.42 Å². The molecule has 5 aromatic rings. The maximum absolute atomic E-state index is 13.0. The van der Waals surface area contributed by atoms with Crippen molar-refractivity contribution >= 4 is 38.9 Å². The van der Waals surface area contributed by atoms with Crippen molar-refractivity contribution in [3.05, 3.63) is 89.7 Å². The van der Waals surface area contributed by atoms with Gasteiger partial charge in [0.05, 0.1) is 23.8 Å². The molecule has 206 valence electrons. The van der Waals surface area contributed by atoms with Crippen LogP contribution in [0.4, 0.5) is 11.6 Å². The van der Waals surface area contributed by atoms with Crippen molar-refractivity contribution in [3.63, 3.8) is 0 Å². The first-order valence-corrected chi connectivity index (χ1v) is 15.0. The summed E-state index contributed by atoms with van der Waals surface area (Å²) < 4.78 is 34.5. The van der Waals surface area contributed by atoms with Gasteiger partial charge in [0.2, 0.25) is 5.95 Å². The van der Waals surface area contributed by atoms with E-state index in [0.717, 1.165) is 35.2 Å². The van der Waals surface area contributed by atoms with Gasteiger partial charge in [-0.05, 0) is 80.0 Å². The minimum Gasteiger partial charge on any atom is -0.492 e. The number of fused-ring (bicyclic) bond motifs is 1. The smallest absolute Gasteiger partial charge is 0.257 e. The molecule has 12 heteroatoms. The van der Waals surface area contributed by atoms with Gasteiger partial charge in [-0.15, -0.1) is 5.10 Å². The number of ether oxygens (including phenoxy) is 1. The average molecular weight is 578 g/mol. The second-order valence-electron chi connectivity index (χ2n) is 9.65. The predicted molar refractivity (Wildman–Crippen MR) is 155 cm³/mol. The first-order chi connectivity index (χ1) is 19.4. The van der Waals surface area contributed by atoms with Gasteiger partial charge in [-0.1, -0.05) is 29.8 Å². The molecular formula is C28H28ClN7O3S. The fourth-order valence-corrected chi connectivity index (χ4v) is 6.14. The van der Waals surface area contributed by atoms with Crippen LogP contribution in [0.15, 0.2) is 79.1 Å². The largest absolute Gasteiger partial charge is 0.492 e. The Morgan fingerprint density at radius 1 is 1.00 bits per heavy atom. The van der Waals surface area contributed by atoms with Crippen LogP contribution in [0.25, 0.3) is 16.9 Å². The Hall–Kier alpha value is -3.93. The maximum Gasteiger partial charge on any atom is 0.257 e. The lowest BCUT2D eigenvalue weighted by Gasteiger charge is -2.15. The van der Waals surface area contributed by atoms with E-state index >= 15 is 0 Å². The van der Waals surface area contributed by atoms with Crippen LogP contribution in [-0.2, 0) is 15.8 Å². The number of halogens is 1. The molecule has 0 unspecified atom stereocenters. The van der Waals surface area contributed by atoms with E-state index in [1.807, 2.05) is 42.5 Å². The number of nitrogens with zero attached hydrogens (tertiary/aromatic N) is 6. The summed E-state index contributed by atoms with van der Waals surface area (Å²) in [6.07, 6.45) is 5.53. The van der Waals surface area contributed by atoms with Crippen molar-refractivity contribution in [1.82, 2.24) is 28.7 Å². The number of hydrogen-bond acceptors (Lipinski definition) is 8. The van der Waals surface area contributed by atoms with Crippen LogP contribution in [0.1, 0.15) is 18.4 Å². The Kier molecular flexibility index (Phi) is 7.42. The molecule has 1 N–H and O–H groups in total. The number of likely N-dealkylation sites (tertiary alicyclic amines) is 1. The molecule has 6 rings (SSSR count). The van der Waals surface area contributed by atoms with Crippen molar-refractivity contribution in [3.8, 4) is 17.0 Å². The van der Waals surface area contributed by atoms with Crippen molar-refractivity contribution in [2.45, 2.75) is 18.6 Å². The number of rotatable bonds is 10. The van der Waals surface area contributed by atoms with Gasteiger partial charge in [0, 0.05) is 22.8 Å². The van der Waals surface area contributed by atoms with Gasteiger partial charge in [0.15, 0.2) is 5.65 Å². The van der Waals surface area contributed by atoms with Crippen LogP contribution >= 0.6 is 11.6 Å². The molecule has 0 amide bonds. The van der Waals surface area contributed by atoms with E-state index in [2.05, 4.69) is 25.4 Å². The molecule has 1 fully saturated rings. The number of aromatic nitrogens is 5. The first kappa shape index (κ1) is 26.3. The van der Waals surface area contributed by atoms with E-state index in [-0.39, 0.29) is 5.75 Å². The lowest BCUT2D eigenvalue weighted by molar-refractivity contribution is 0.238. The van der Waals surface area contributed by atoms with Gasteiger partial charge in [0.25, 0.3) is 10.0 Å². The summed E-state index contributed by atoms with van der Waals surface area (Å²) in [5.41, 5.74) is 3.26. The molecule has 0 bridgehead atoms. The Morgan fingerprint density at radius 3 is 2.60 bits per heavy atom. The first-order valence-electron chi connectivity index (χ1n) is 13.0. The second-order valence-corrected chi connectivity index (χ2v) is 11.9. The monoisotopic (exact) mass is 577 g/mol. The standard InChI is InChI=1S/C28H28ClN7O3S/c29-23-6-3-5-21(17-23)20-40(37,38)35-19-22(18-30-35)26-7-4-8-27-32-28(33-36(26)27)31-24-9-11-25(12-10-24)39-16-15-34-13-1-2-14-34/h3-12,17-19H,1-2,13-16,20H2,(H,31,33). The fraction of sp³-hybridized carbons (Fsp3) is 0.250. The molecule has 40 heavy (non-hydrogen) atoms. The van der Waals surface area contributed by atoms with Gasteiger partial charge < -0.3 is 10.1 Å². The van der Waals surface area contributed by atoms with Crippen LogP contribution in [0.2, 0.25) is 5.02 Å². The number of benzene rings is 2. The fourth-order valence-electron chi connectivity index (χ4n) is 4.73. The minimum atomic E-state index is -3.74. The highest BCUT2D eigenvalue weighted by molar-refractivity contribution is 7.89. The van der Waals surface area contributed by atoms with E-state index in [4.69, 9.17) is 16.3 Å². The summed E-state index contributed by atoms with van der Waals surface area (Å²) in [6, 6.07) is 20.0. The zero-order chi connectivity index (χ0) is 27.5. The number of anilines is 2. The lowest BCUT2D eigenvalue weighted by Crippen LogP contribution is -2.25. The van der Waals surface area contributed by atoms with Crippen LogP contribution in [0, 0.1) is 0 Å². The van der Waals surface area contributed by atoms with Crippen LogP contribution in [-0.4, -0.2) is 63.3 Å². The quantitative estimate of drug-likeness (QED) is 0.251. The van der Waals surface area contributed by atoms with Gasteiger partial charge in [-0.2, -0.15) is 14.2 Å². The molecule has 1 aliphatic rings. The summed E-state index contributed by atoms with van der Waals surface area (Å²) in [5, 5.41) is 12.4. The van der Waals surface area contributed by atoms with E-state index in [1.165, 1.54) is 25.2 Å². The normalized spacial score (nSPS) is 14.1. The molecule has 0 saturated carbocycles. The van der Waals surface area contributed by atoms with Crippen LogP contribution in [0.3, 0.4) is 0 Å². The predicted octanol–water partition coefficient (Wildman–Crippen LogP) is 4.84. The highest BCUT2D eigenvalue weighted by atomic mass is 35.5. The van der Waals surface area contributed by atoms with Crippen molar-refractivity contribution in [1.29, 1.82) is 0 Å². The van der Waals surface area contributed by atoms with Gasteiger partial charge in [-0.25, -0.2) is 12.9 Å². The average Bonchev–Trinajstić information content (AvgIpc) is 3.70. The molecule has 0 aliphatic carbocycles. The maximum atomic E-state index is 13.0. The number of pyridine rings is 1. The van der Waals surface area contributed by atoms with Crippen molar-refractivity contribution in [2.24, 2.45) is 0 Å². The zero-order valence-electron chi connectivity index (χ0n) is 21.6. The molecule has 1 saturated heterocycles. The van der Waals surface area contributed by atoms with Crippen molar-refractivity contribution in [2.75, 3.05) is 31.6 Å². The third-order valence-corrected chi connectivity index (χ3v) is 8.43. The SMILES string of the molecule is O=S(=O)(Cc1cccc(Cl)c1)n1cc(-c2cccc3nc(Nc4ccc(OCCN5CCCC5)cc4)nn23)cn1. The summed E-state index contributed by atoms with van der Waals surface area (Å²) in [4.78, 5) is 7.00. The van der Waals surface area contributed by atoms with E-state index in [0.29, 0.717) is 40.0 Å². The van der Waals surface area contributed by atoms with Crippen LogP contribution in [0.5, 0.6) is 5.75 Å². The Bertz CT molecular complexity index is 1730. The zero-order valence-corrected chi connectivity index (χ0v) is 23.2. The van der Waals surface area contributed by atoms with Gasteiger partial charge in [-0.3, -0.25) is 4.90 Å². The summed E-state index contributed by atoms with van der Waals surface area (Å²) in [7, 11) is -3.74. The molecular weight excluding hydrogens is 550 g/mol. The molecule has 10 nitrogen and oxygen atoms in total. The topological polar surface area (TPSA) is 107 Å². The molecule has 1 aliphatic heterocycles. The van der Waals surface area contributed by atoms with Gasteiger partial charge >= 0.3 is 0 Å². The van der Waals surface area contributed by atoms with Crippen LogP contribution < -0.4 is 10.1 Å². The highest BCUT2D eigenvalue weighted by Gasteiger charge is 2.18. The molecule has 4 heterocycles. The lowest BCUT2D eigenvalue weighted by atomic mass is 10.2. The summed E-state index contributed by atoms with van der Waals surface area (Å²) in [5.74, 6) is 1.01. The summed E-state index contributed by atoms with van der Waals surface area (Å²) in [6.45, 7) is 3.93. The number of nitrogens with one attached hydrogen (secondary N) is 1. The third kappa shape index (κ3) is 5.96.